The van der Waals surface area contributed by atoms with Gasteiger partial charge in [-0.2, -0.15) is 5.10 Å². The third kappa shape index (κ3) is 3.27. The van der Waals surface area contributed by atoms with Crippen LogP contribution in [0.5, 0.6) is 5.75 Å². The van der Waals surface area contributed by atoms with Crippen LogP contribution in [0, 0.1) is 0 Å². The first kappa shape index (κ1) is 18.2. The smallest absolute Gasteiger partial charge is 0.274 e. The normalized spacial score (nSPS) is 21.8. The zero-order valence-corrected chi connectivity index (χ0v) is 16.4. The highest BCUT2D eigenvalue weighted by Crippen LogP contribution is 2.33. The third-order valence-electron chi connectivity index (χ3n) is 5.57. The second-order valence-electron chi connectivity index (χ2n) is 7.63. The van der Waals surface area contributed by atoms with Gasteiger partial charge >= 0.3 is 0 Å². The van der Waals surface area contributed by atoms with E-state index in [1.165, 1.54) is 0 Å². The molecule has 3 aliphatic rings. The van der Waals surface area contributed by atoms with Crippen LogP contribution in [-0.2, 0) is 27.5 Å². The highest BCUT2D eigenvalue weighted by molar-refractivity contribution is 7.91. The molecular formula is C19H20N4O5S. The maximum absolute atomic E-state index is 13.2. The minimum atomic E-state index is -3.10. The third-order valence-corrected chi connectivity index (χ3v) is 7.32. The number of ether oxygens (including phenoxy) is 1. The van der Waals surface area contributed by atoms with Gasteiger partial charge in [0.25, 0.3) is 11.8 Å². The topological polar surface area (TPSA) is 119 Å². The van der Waals surface area contributed by atoms with Crippen LogP contribution >= 0.6 is 0 Å². The van der Waals surface area contributed by atoms with E-state index in [4.69, 9.17) is 4.74 Å². The summed E-state index contributed by atoms with van der Waals surface area (Å²) in [6.45, 7) is -0.0334. The largest absolute Gasteiger partial charge is 0.482 e. The summed E-state index contributed by atoms with van der Waals surface area (Å²) in [4.78, 5) is 24.7. The van der Waals surface area contributed by atoms with Gasteiger partial charge in [-0.15, -0.1) is 0 Å². The van der Waals surface area contributed by atoms with E-state index in [2.05, 4.69) is 15.7 Å². The molecule has 2 N–H and O–H groups in total. The Morgan fingerprint density at radius 1 is 1.31 bits per heavy atom. The minimum Gasteiger partial charge on any atom is -0.482 e. The van der Waals surface area contributed by atoms with Gasteiger partial charge in [-0.05, 0) is 43.9 Å². The highest BCUT2D eigenvalue weighted by atomic mass is 32.2. The van der Waals surface area contributed by atoms with Gasteiger partial charge in [0.15, 0.2) is 16.4 Å². The Balaban J connectivity index is 1.46. The molecule has 0 unspecified atom stereocenters. The molecule has 0 radical (unpaired) electrons. The molecule has 2 amide bonds. The number of hydrogen-bond acceptors (Lipinski definition) is 6. The van der Waals surface area contributed by atoms with Crippen molar-refractivity contribution in [1.29, 1.82) is 0 Å². The molecule has 1 atom stereocenters. The number of aromatic nitrogens is 2. The van der Waals surface area contributed by atoms with Gasteiger partial charge in [0, 0.05) is 11.3 Å². The van der Waals surface area contributed by atoms with E-state index >= 15 is 0 Å². The number of carbonyl (C=O) groups excluding carboxylic acids is 2. The molecule has 1 aliphatic carbocycles. The lowest BCUT2D eigenvalue weighted by Gasteiger charge is -2.19. The Bertz CT molecular complexity index is 1140. The Morgan fingerprint density at radius 3 is 2.97 bits per heavy atom. The summed E-state index contributed by atoms with van der Waals surface area (Å²) in [5, 5.41) is 10.2. The van der Waals surface area contributed by atoms with Crippen LogP contribution in [0.3, 0.4) is 0 Å². The Hall–Kier alpha value is -2.88. The van der Waals surface area contributed by atoms with Gasteiger partial charge in [0.1, 0.15) is 11.4 Å². The zero-order chi connectivity index (χ0) is 20.2. The molecule has 9 nitrogen and oxygen atoms in total. The lowest BCUT2D eigenvalue weighted by atomic mass is 10.1. The first-order valence-corrected chi connectivity index (χ1v) is 11.4. The maximum atomic E-state index is 13.2. The number of carbonyl (C=O) groups is 2. The molecule has 152 valence electrons. The fraction of sp³-hybridized carbons (Fsp3) is 0.421. The number of amides is 2. The fourth-order valence-corrected chi connectivity index (χ4v) is 5.93. The zero-order valence-electron chi connectivity index (χ0n) is 15.6. The Morgan fingerprint density at radius 2 is 2.17 bits per heavy atom. The quantitative estimate of drug-likeness (QED) is 0.779. The summed E-state index contributed by atoms with van der Waals surface area (Å²) >= 11 is 0. The van der Waals surface area contributed by atoms with Crippen LogP contribution in [0.15, 0.2) is 18.2 Å². The van der Waals surface area contributed by atoms with Crippen LogP contribution in [0.1, 0.15) is 40.6 Å². The molecular weight excluding hydrogens is 396 g/mol. The molecule has 1 saturated heterocycles. The molecule has 5 rings (SSSR count). The standard InChI is InChI=1S/C19H20N4O5S/c24-17-9-28-16-5-4-11(8-15(16)21-17)20-19(25)18-13-2-1-3-14(13)22-23(18)12-6-7-29(26,27)10-12/h4-5,8,12H,1-3,6-7,9-10H2,(H,20,25)(H,21,24)/t12-/m1/s1. The first-order chi connectivity index (χ1) is 13.9. The molecule has 1 aromatic heterocycles. The van der Waals surface area contributed by atoms with Crippen LogP contribution in [0.25, 0.3) is 0 Å². The minimum absolute atomic E-state index is 0.00998. The molecule has 0 bridgehead atoms. The number of fused-ring (bicyclic) bond motifs is 2. The molecule has 3 heterocycles. The second kappa shape index (κ2) is 6.58. The predicted octanol–water partition coefficient (Wildman–Crippen LogP) is 1.31. The Labute approximate surface area is 167 Å². The first-order valence-electron chi connectivity index (χ1n) is 9.58. The predicted molar refractivity (Wildman–Crippen MR) is 105 cm³/mol. The van der Waals surface area contributed by atoms with Crippen molar-refractivity contribution in [3.8, 4) is 5.75 Å². The van der Waals surface area contributed by atoms with Gasteiger partial charge in [-0.25, -0.2) is 8.42 Å². The van der Waals surface area contributed by atoms with Crippen molar-refractivity contribution in [2.24, 2.45) is 0 Å². The monoisotopic (exact) mass is 416 g/mol. The van der Waals surface area contributed by atoms with Crippen molar-refractivity contribution in [1.82, 2.24) is 9.78 Å². The number of benzene rings is 1. The van der Waals surface area contributed by atoms with Crippen molar-refractivity contribution < 1.29 is 22.7 Å². The SMILES string of the molecule is O=C1COc2ccc(NC(=O)c3c4c(nn3[C@@H]3CCS(=O)(=O)C3)CCC4)cc2N1. The molecule has 0 saturated carbocycles. The fourth-order valence-electron chi connectivity index (χ4n) is 4.24. The molecule has 0 spiro atoms. The maximum Gasteiger partial charge on any atom is 0.274 e. The van der Waals surface area contributed by atoms with E-state index in [0.717, 1.165) is 30.5 Å². The van der Waals surface area contributed by atoms with E-state index in [0.29, 0.717) is 29.2 Å². The lowest BCUT2D eigenvalue weighted by Crippen LogP contribution is -2.26. The number of anilines is 2. The summed E-state index contributed by atoms with van der Waals surface area (Å²) in [6, 6.07) is 4.72. The van der Waals surface area contributed by atoms with Crippen molar-refractivity contribution in [3.63, 3.8) is 0 Å². The summed E-state index contributed by atoms with van der Waals surface area (Å²) < 4.78 is 30.8. The average molecular weight is 416 g/mol. The lowest BCUT2D eigenvalue weighted by molar-refractivity contribution is -0.118. The Kier molecular flexibility index (Phi) is 4.12. The van der Waals surface area contributed by atoms with E-state index in [1.807, 2.05) is 0 Å². The number of aryl methyl sites for hydroxylation is 1. The highest BCUT2D eigenvalue weighted by Gasteiger charge is 2.35. The van der Waals surface area contributed by atoms with E-state index in [-0.39, 0.29) is 36.0 Å². The number of nitrogens with one attached hydrogen (secondary N) is 2. The van der Waals surface area contributed by atoms with Gasteiger partial charge < -0.3 is 15.4 Å². The molecule has 10 heteroatoms. The van der Waals surface area contributed by atoms with Gasteiger partial charge in [0.05, 0.1) is 28.9 Å². The van der Waals surface area contributed by atoms with Crippen molar-refractivity contribution in [2.45, 2.75) is 31.7 Å². The van der Waals surface area contributed by atoms with Gasteiger partial charge in [-0.1, -0.05) is 0 Å². The number of sulfone groups is 1. The van der Waals surface area contributed by atoms with Gasteiger partial charge in [0.2, 0.25) is 0 Å². The summed E-state index contributed by atoms with van der Waals surface area (Å²) in [6.07, 6.45) is 2.95. The van der Waals surface area contributed by atoms with Crippen molar-refractivity contribution in [3.05, 3.63) is 35.2 Å². The van der Waals surface area contributed by atoms with Crippen LogP contribution in [-0.4, -0.2) is 48.1 Å². The van der Waals surface area contributed by atoms with E-state index in [1.54, 1.807) is 22.9 Å². The van der Waals surface area contributed by atoms with Crippen LogP contribution < -0.4 is 15.4 Å². The van der Waals surface area contributed by atoms with E-state index in [9.17, 15) is 18.0 Å². The molecule has 2 aliphatic heterocycles. The summed E-state index contributed by atoms with van der Waals surface area (Å²) in [7, 11) is -3.10. The number of rotatable bonds is 3. The molecule has 2 aromatic rings. The second-order valence-corrected chi connectivity index (χ2v) is 9.86. The molecule has 1 aromatic carbocycles. The van der Waals surface area contributed by atoms with Crippen molar-refractivity contribution >= 4 is 33.0 Å². The summed E-state index contributed by atoms with van der Waals surface area (Å²) in [5.41, 5.74) is 3.24. The van der Waals surface area contributed by atoms with E-state index < -0.39 is 9.84 Å². The van der Waals surface area contributed by atoms with Crippen LogP contribution in [0.2, 0.25) is 0 Å². The molecule has 29 heavy (non-hydrogen) atoms. The molecule has 1 fully saturated rings. The average Bonchev–Trinajstić information content (AvgIpc) is 3.34. The number of nitrogens with zero attached hydrogens (tertiary/aromatic N) is 2. The van der Waals surface area contributed by atoms with Gasteiger partial charge in [-0.3, -0.25) is 14.3 Å². The van der Waals surface area contributed by atoms with Crippen molar-refractivity contribution in [2.75, 3.05) is 28.7 Å². The summed E-state index contributed by atoms with van der Waals surface area (Å²) in [5.74, 6) is 0.0982. The number of hydrogen-bond donors (Lipinski definition) is 2. The van der Waals surface area contributed by atoms with Crippen LogP contribution in [0.4, 0.5) is 11.4 Å².